The molecular weight excluding hydrogens is 391 g/mol. The van der Waals surface area contributed by atoms with Gasteiger partial charge in [-0.3, -0.25) is 4.68 Å². The van der Waals surface area contributed by atoms with Crippen molar-refractivity contribution in [2.24, 2.45) is 16.0 Å². The average Bonchev–Trinajstić information content (AvgIpc) is 2.85. The molecule has 0 amide bonds. The first-order valence-corrected chi connectivity index (χ1v) is 7.33. The second kappa shape index (κ2) is 6.79. The SMILES string of the molecule is COc1ncc2cnn(C)c2c1NSC(/C=N/I)=C/N. The van der Waals surface area contributed by atoms with Crippen LogP contribution in [0, 0.1) is 0 Å². The van der Waals surface area contributed by atoms with Crippen molar-refractivity contribution >= 4 is 57.6 Å². The van der Waals surface area contributed by atoms with E-state index < -0.39 is 0 Å². The Balaban J connectivity index is 2.39. The first-order valence-electron chi connectivity index (χ1n) is 5.55. The molecule has 0 saturated carbocycles. The highest BCUT2D eigenvalue weighted by Gasteiger charge is 2.14. The van der Waals surface area contributed by atoms with E-state index in [1.54, 1.807) is 30.4 Å². The van der Waals surface area contributed by atoms with Crippen LogP contribution in [0.25, 0.3) is 10.9 Å². The molecule has 0 saturated heterocycles. The molecule has 2 aromatic rings. The van der Waals surface area contributed by atoms with E-state index >= 15 is 0 Å². The molecule has 0 spiro atoms. The summed E-state index contributed by atoms with van der Waals surface area (Å²) in [6.07, 6.45) is 6.61. The Labute approximate surface area is 134 Å². The van der Waals surface area contributed by atoms with E-state index in [0.29, 0.717) is 5.88 Å². The number of hydrogen-bond donors (Lipinski definition) is 2. The van der Waals surface area contributed by atoms with Crippen LogP contribution in [0.15, 0.2) is 26.7 Å². The molecule has 2 rings (SSSR count). The highest BCUT2D eigenvalue weighted by molar-refractivity contribution is 14.1. The summed E-state index contributed by atoms with van der Waals surface area (Å²) in [7, 11) is 3.44. The predicted octanol–water partition coefficient (Wildman–Crippen LogP) is 2.26. The number of pyridine rings is 1. The zero-order valence-electron chi connectivity index (χ0n) is 10.9. The molecule has 0 radical (unpaired) electrons. The number of nitrogens with one attached hydrogen (secondary N) is 1. The molecule has 0 aliphatic carbocycles. The van der Waals surface area contributed by atoms with Crippen molar-refractivity contribution in [3.8, 4) is 5.88 Å². The number of anilines is 1. The monoisotopic (exact) mass is 404 g/mol. The van der Waals surface area contributed by atoms with E-state index in [-0.39, 0.29) is 0 Å². The molecule has 106 valence electrons. The van der Waals surface area contributed by atoms with E-state index in [0.717, 1.165) is 21.5 Å². The predicted molar refractivity (Wildman–Crippen MR) is 91.1 cm³/mol. The summed E-state index contributed by atoms with van der Waals surface area (Å²) in [5.74, 6) is 0.497. The van der Waals surface area contributed by atoms with Gasteiger partial charge in [0.15, 0.2) is 0 Å². The Kier molecular flexibility index (Phi) is 5.06. The quantitative estimate of drug-likeness (QED) is 0.452. The number of nitrogens with two attached hydrogens (primary N) is 1. The van der Waals surface area contributed by atoms with Crippen molar-refractivity contribution < 1.29 is 4.74 Å². The van der Waals surface area contributed by atoms with Gasteiger partial charge in [0.2, 0.25) is 5.88 Å². The molecule has 9 heteroatoms. The van der Waals surface area contributed by atoms with Gasteiger partial charge in [0.25, 0.3) is 0 Å². The fraction of sp³-hybridized carbons (Fsp3) is 0.182. The van der Waals surface area contributed by atoms with Gasteiger partial charge >= 0.3 is 0 Å². The number of nitrogens with zero attached hydrogens (tertiary/aromatic N) is 4. The molecule has 0 aliphatic heterocycles. The Morgan fingerprint density at radius 1 is 1.60 bits per heavy atom. The first kappa shape index (κ1) is 14.9. The molecule has 0 fully saturated rings. The smallest absolute Gasteiger partial charge is 0.240 e. The molecule has 2 aromatic heterocycles. The number of hydrogen-bond acceptors (Lipinski definition) is 7. The molecular formula is C11H13IN6OS. The lowest BCUT2D eigenvalue weighted by atomic mass is 10.3. The summed E-state index contributed by atoms with van der Waals surface area (Å²) in [4.78, 5) is 5.03. The Morgan fingerprint density at radius 2 is 2.40 bits per heavy atom. The van der Waals surface area contributed by atoms with Crippen LogP contribution < -0.4 is 15.2 Å². The minimum absolute atomic E-state index is 0.497. The molecule has 2 heterocycles. The number of rotatable bonds is 5. The fourth-order valence-electron chi connectivity index (χ4n) is 1.66. The normalized spacial score (nSPS) is 12.2. The number of halogens is 1. The Hall–Kier alpha value is -1.49. The third-order valence-corrected chi connectivity index (χ3v) is 3.61. The van der Waals surface area contributed by atoms with Gasteiger partial charge < -0.3 is 15.2 Å². The van der Waals surface area contributed by atoms with Crippen molar-refractivity contribution in [1.29, 1.82) is 0 Å². The second-order valence-corrected chi connectivity index (χ2v) is 5.15. The van der Waals surface area contributed by atoms with E-state index in [1.165, 1.54) is 18.1 Å². The summed E-state index contributed by atoms with van der Waals surface area (Å²) in [5, 5.41) is 5.15. The van der Waals surface area contributed by atoms with Crippen molar-refractivity contribution in [1.82, 2.24) is 14.8 Å². The maximum atomic E-state index is 5.53. The van der Waals surface area contributed by atoms with Gasteiger partial charge in [-0.15, -0.1) is 0 Å². The van der Waals surface area contributed by atoms with Crippen molar-refractivity contribution in [2.45, 2.75) is 0 Å². The summed E-state index contributed by atoms with van der Waals surface area (Å²) < 4.78 is 14.2. The highest BCUT2D eigenvalue weighted by Crippen LogP contribution is 2.33. The van der Waals surface area contributed by atoms with Crippen LogP contribution in [0.3, 0.4) is 0 Å². The molecule has 3 N–H and O–H groups in total. The van der Waals surface area contributed by atoms with Crippen LogP contribution >= 0.6 is 34.8 Å². The summed E-state index contributed by atoms with van der Waals surface area (Å²) >= 11 is 3.22. The van der Waals surface area contributed by atoms with Crippen molar-refractivity contribution in [3.05, 3.63) is 23.5 Å². The third-order valence-electron chi connectivity index (χ3n) is 2.54. The maximum Gasteiger partial charge on any atom is 0.240 e. The lowest BCUT2D eigenvalue weighted by molar-refractivity contribution is 0.401. The molecule has 7 nitrogen and oxygen atoms in total. The fourth-order valence-corrected chi connectivity index (χ4v) is 2.72. The van der Waals surface area contributed by atoms with Crippen LogP contribution in [0.1, 0.15) is 0 Å². The highest BCUT2D eigenvalue weighted by atomic mass is 127. The van der Waals surface area contributed by atoms with Gasteiger partial charge in [-0.05, 0) is 11.9 Å². The van der Waals surface area contributed by atoms with E-state index in [2.05, 4.69) is 18.0 Å². The number of aromatic nitrogens is 3. The topological polar surface area (TPSA) is 90.4 Å². The zero-order valence-corrected chi connectivity index (χ0v) is 13.8. The Morgan fingerprint density at radius 3 is 3.05 bits per heavy atom. The number of allylic oxidation sites excluding steroid dienone is 1. The van der Waals surface area contributed by atoms with Crippen molar-refractivity contribution in [3.63, 3.8) is 0 Å². The summed E-state index contributed by atoms with van der Waals surface area (Å²) in [5.41, 5.74) is 7.19. The largest absolute Gasteiger partial charge is 0.479 e. The van der Waals surface area contributed by atoms with Crippen LogP contribution in [-0.2, 0) is 7.05 Å². The van der Waals surface area contributed by atoms with Crippen LogP contribution in [0.2, 0.25) is 0 Å². The van der Waals surface area contributed by atoms with Gasteiger partial charge in [-0.25, -0.2) is 8.19 Å². The van der Waals surface area contributed by atoms with Crippen LogP contribution in [0.5, 0.6) is 5.88 Å². The number of fused-ring (bicyclic) bond motifs is 1. The molecule has 20 heavy (non-hydrogen) atoms. The van der Waals surface area contributed by atoms with Gasteiger partial charge in [-0.2, -0.15) is 5.10 Å². The molecule has 0 bridgehead atoms. The van der Waals surface area contributed by atoms with Crippen LogP contribution in [-0.4, -0.2) is 28.1 Å². The number of aryl methyl sites for hydroxylation is 1. The first-order chi connectivity index (χ1) is 9.71. The standard InChI is InChI=1S/C11H13IN6OS/c1-18-10-7(5-16-18)4-14-11(19-2)9(10)17-20-8(3-13)6-15-12/h3-6,17H,13H2,1-2H3/b8-3+,15-6+. The van der Waals surface area contributed by atoms with Gasteiger partial charge in [0.05, 0.1) is 52.8 Å². The molecule has 0 aromatic carbocycles. The van der Waals surface area contributed by atoms with Crippen LogP contribution in [0.4, 0.5) is 5.69 Å². The number of methoxy groups -OCH3 is 1. The maximum absolute atomic E-state index is 5.53. The zero-order chi connectivity index (χ0) is 14.5. The minimum atomic E-state index is 0.497. The third kappa shape index (κ3) is 2.98. The van der Waals surface area contributed by atoms with Gasteiger partial charge in [-0.1, -0.05) is 0 Å². The average molecular weight is 404 g/mol. The van der Waals surface area contributed by atoms with Gasteiger partial charge in [0.1, 0.15) is 5.69 Å². The molecule has 0 atom stereocenters. The lowest BCUT2D eigenvalue weighted by Crippen LogP contribution is -2.00. The lowest BCUT2D eigenvalue weighted by Gasteiger charge is -2.11. The summed E-state index contributed by atoms with van der Waals surface area (Å²) in [6.45, 7) is 0. The van der Waals surface area contributed by atoms with E-state index in [9.17, 15) is 0 Å². The summed E-state index contributed by atoms with van der Waals surface area (Å²) in [6, 6.07) is 0. The van der Waals surface area contributed by atoms with Crippen molar-refractivity contribution in [2.75, 3.05) is 11.8 Å². The second-order valence-electron chi connectivity index (χ2n) is 3.71. The van der Waals surface area contributed by atoms with E-state index in [1.807, 2.05) is 29.9 Å². The van der Waals surface area contributed by atoms with Gasteiger partial charge in [0, 0.05) is 24.8 Å². The minimum Gasteiger partial charge on any atom is -0.479 e. The number of ether oxygens (including phenoxy) is 1. The van der Waals surface area contributed by atoms with E-state index in [4.69, 9.17) is 10.5 Å². The molecule has 0 unspecified atom stereocenters. The molecule has 0 aliphatic rings. The Bertz CT molecular complexity index is 668.